The predicted octanol–water partition coefficient (Wildman–Crippen LogP) is 4.24. The number of hydrogen-bond donors (Lipinski definition) is 1. The first kappa shape index (κ1) is 17.3. The number of amides is 1. The molecule has 5 nitrogen and oxygen atoms in total. The molecule has 25 heavy (non-hydrogen) atoms. The first-order chi connectivity index (χ1) is 11.7. The topological polar surface area (TPSA) is 62.7 Å². The van der Waals surface area contributed by atoms with Gasteiger partial charge in [-0.2, -0.15) is 0 Å². The number of benzene rings is 1. The van der Waals surface area contributed by atoms with Gasteiger partial charge in [-0.25, -0.2) is 4.79 Å². The fraction of sp³-hybridized carbons (Fsp3) is 0.412. The van der Waals surface area contributed by atoms with E-state index < -0.39 is 12.5 Å². The van der Waals surface area contributed by atoms with Crippen LogP contribution in [0.5, 0.6) is 5.75 Å². The van der Waals surface area contributed by atoms with E-state index >= 15 is 0 Å². The van der Waals surface area contributed by atoms with Crippen molar-refractivity contribution in [1.29, 1.82) is 0 Å². The molecule has 1 saturated heterocycles. The molecule has 0 saturated carbocycles. The minimum atomic E-state index is -4.80. The van der Waals surface area contributed by atoms with E-state index in [4.69, 9.17) is 0 Å². The molecule has 0 radical (unpaired) electrons. The van der Waals surface area contributed by atoms with Gasteiger partial charge in [-0.05, 0) is 30.0 Å². The van der Waals surface area contributed by atoms with Gasteiger partial charge in [-0.15, -0.1) is 13.2 Å². The Balaban J connectivity index is 2.03. The number of likely N-dealkylation sites (tertiary alicyclic amines) is 1. The van der Waals surface area contributed by atoms with Crippen LogP contribution in [0.1, 0.15) is 24.8 Å². The van der Waals surface area contributed by atoms with E-state index in [-0.39, 0.29) is 23.1 Å². The molecule has 0 unspecified atom stereocenters. The van der Waals surface area contributed by atoms with E-state index in [1.807, 2.05) is 6.92 Å². The van der Waals surface area contributed by atoms with Crippen molar-refractivity contribution in [3.63, 3.8) is 0 Å². The highest BCUT2D eigenvalue weighted by Crippen LogP contribution is 2.38. The molecule has 2 heterocycles. The van der Waals surface area contributed by atoms with Crippen molar-refractivity contribution in [3.8, 4) is 5.75 Å². The van der Waals surface area contributed by atoms with Crippen molar-refractivity contribution in [1.82, 2.24) is 9.88 Å². The minimum absolute atomic E-state index is 0.105. The highest BCUT2D eigenvalue weighted by molar-refractivity contribution is 5.88. The Labute approximate surface area is 142 Å². The van der Waals surface area contributed by atoms with Gasteiger partial charge in [0, 0.05) is 30.6 Å². The van der Waals surface area contributed by atoms with Crippen LogP contribution in [0.25, 0.3) is 10.9 Å². The number of halogens is 3. The molecule has 1 aromatic carbocycles. The van der Waals surface area contributed by atoms with Crippen LogP contribution in [0.4, 0.5) is 18.0 Å². The molecule has 1 fully saturated rings. The summed E-state index contributed by atoms with van der Waals surface area (Å²) in [5, 5.41) is 9.82. The number of rotatable bonds is 2. The lowest BCUT2D eigenvalue weighted by Gasteiger charge is -2.35. The van der Waals surface area contributed by atoms with E-state index in [1.54, 1.807) is 18.2 Å². The Kier molecular flexibility index (Phi) is 4.45. The summed E-state index contributed by atoms with van der Waals surface area (Å²) in [7, 11) is 0. The molecule has 2 aromatic rings. The van der Waals surface area contributed by atoms with Crippen LogP contribution in [-0.2, 0) is 0 Å². The lowest BCUT2D eigenvalue weighted by Crippen LogP contribution is -2.41. The third-order valence-electron chi connectivity index (χ3n) is 4.36. The van der Waals surface area contributed by atoms with Gasteiger partial charge in [0.2, 0.25) is 0 Å². The minimum Gasteiger partial charge on any atom is -0.465 e. The van der Waals surface area contributed by atoms with Crippen LogP contribution in [0.2, 0.25) is 0 Å². The molecule has 1 amide bonds. The number of hydrogen-bond acceptors (Lipinski definition) is 3. The fourth-order valence-electron chi connectivity index (χ4n) is 3.46. The van der Waals surface area contributed by atoms with Gasteiger partial charge < -0.3 is 14.7 Å². The van der Waals surface area contributed by atoms with Gasteiger partial charge >= 0.3 is 12.5 Å². The second-order valence-electron chi connectivity index (χ2n) is 6.33. The van der Waals surface area contributed by atoms with Crippen molar-refractivity contribution in [3.05, 3.63) is 36.0 Å². The summed E-state index contributed by atoms with van der Waals surface area (Å²) >= 11 is 0. The highest BCUT2D eigenvalue weighted by Gasteiger charge is 2.33. The molecule has 0 bridgehead atoms. The Hall–Kier alpha value is -2.51. The first-order valence-electron chi connectivity index (χ1n) is 7.86. The van der Waals surface area contributed by atoms with E-state index in [9.17, 15) is 23.1 Å². The monoisotopic (exact) mass is 354 g/mol. The molecule has 134 valence electrons. The summed E-state index contributed by atoms with van der Waals surface area (Å²) < 4.78 is 41.9. The summed E-state index contributed by atoms with van der Waals surface area (Å²) in [4.78, 5) is 16.7. The smallest absolute Gasteiger partial charge is 0.465 e. The summed E-state index contributed by atoms with van der Waals surface area (Å²) in [5.41, 5.74) is 0.910. The normalized spacial score (nSPS) is 21.4. The van der Waals surface area contributed by atoms with Gasteiger partial charge in [0.05, 0.1) is 0 Å². The Morgan fingerprint density at radius 3 is 2.76 bits per heavy atom. The molecule has 1 aliphatic rings. The first-order valence-corrected chi connectivity index (χ1v) is 7.86. The average molecular weight is 354 g/mol. The van der Waals surface area contributed by atoms with Gasteiger partial charge in [0.15, 0.2) is 5.75 Å². The quantitative estimate of drug-likeness (QED) is 0.876. The standard InChI is InChI=1S/C17H17F3N2O3/c1-10-7-11(9-22(8-10)16(23)24)12-4-5-14(25-17(18,19)20)15-13(12)3-2-6-21-15/h2-6,10-11H,7-9H2,1H3,(H,23,24)/t10-,11+/m1/s1. The lowest BCUT2D eigenvalue weighted by molar-refractivity contribution is -0.274. The maximum Gasteiger partial charge on any atom is 0.573 e. The largest absolute Gasteiger partial charge is 0.573 e. The van der Waals surface area contributed by atoms with E-state index in [2.05, 4.69) is 9.72 Å². The number of carbonyl (C=O) groups is 1. The zero-order chi connectivity index (χ0) is 18.2. The SMILES string of the molecule is C[C@@H]1C[C@H](c2ccc(OC(F)(F)F)c3ncccc23)CN(C(=O)O)C1. The molecular weight excluding hydrogens is 337 g/mol. The zero-order valence-electron chi connectivity index (χ0n) is 13.5. The van der Waals surface area contributed by atoms with E-state index in [1.165, 1.54) is 17.2 Å². The lowest BCUT2D eigenvalue weighted by atomic mass is 9.84. The molecule has 2 atom stereocenters. The van der Waals surface area contributed by atoms with Crippen LogP contribution < -0.4 is 4.74 Å². The summed E-state index contributed by atoms with van der Waals surface area (Å²) in [6.07, 6.45) is -3.63. The Bertz CT molecular complexity index is 794. The maximum atomic E-state index is 12.6. The van der Waals surface area contributed by atoms with Crippen molar-refractivity contribution in [2.75, 3.05) is 13.1 Å². The van der Waals surface area contributed by atoms with Gasteiger partial charge in [-0.3, -0.25) is 4.98 Å². The number of alkyl halides is 3. The van der Waals surface area contributed by atoms with Gasteiger partial charge in [-0.1, -0.05) is 19.1 Å². The summed E-state index contributed by atoms with van der Waals surface area (Å²) in [5.74, 6) is -0.301. The number of pyridine rings is 1. The van der Waals surface area contributed by atoms with Crippen molar-refractivity contribution in [2.24, 2.45) is 5.92 Å². The van der Waals surface area contributed by atoms with Crippen LogP contribution in [0, 0.1) is 5.92 Å². The summed E-state index contributed by atoms with van der Waals surface area (Å²) in [6.45, 7) is 2.73. The van der Waals surface area contributed by atoms with E-state index in [0.29, 0.717) is 18.5 Å². The van der Waals surface area contributed by atoms with Crippen LogP contribution >= 0.6 is 0 Å². The van der Waals surface area contributed by atoms with Crippen LogP contribution in [0.3, 0.4) is 0 Å². The van der Waals surface area contributed by atoms with Crippen molar-refractivity contribution >= 4 is 17.0 Å². The van der Waals surface area contributed by atoms with E-state index in [0.717, 1.165) is 12.0 Å². The Morgan fingerprint density at radius 1 is 1.32 bits per heavy atom. The third kappa shape index (κ3) is 3.78. The highest BCUT2D eigenvalue weighted by atomic mass is 19.4. The maximum absolute atomic E-state index is 12.6. The third-order valence-corrected chi connectivity index (χ3v) is 4.36. The number of aromatic nitrogens is 1. The molecule has 0 aliphatic carbocycles. The number of ether oxygens (including phenoxy) is 1. The molecule has 1 aromatic heterocycles. The summed E-state index contributed by atoms with van der Waals surface area (Å²) in [6, 6.07) is 6.16. The van der Waals surface area contributed by atoms with Crippen LogP contribution in [-0.4, -0.2) is 40.5 Å². The molecule has 8 heteroatoms. The number of nitrogens with zero attached hydrogens (tertiary/aromatic N) is 2. The number of carboxylic acid groups (broad SMARTS) is 1. The van der Waals surface area contributed by atoms with Crippen LogP contribution in [0.15, 0.2) is 30.5 Å². The molecule has 0 spiro atoms. The molecule has 3 rings (SSSR count). The van der Waals surface area contributed by atoms with Crippen molar-refractivity contribution in [2.45, 2.75) is 25.6 Å². The van der Waals surface area contributed by atoms with Gasteiger partial charge in [0.25, 0.3) is 0 Å². The second kappa shape index (κ2) is 6.42. The molecule has 1 N–H and O–H groups in total. The van der Waals surface area contributed by atoms with Crippen molar-refractivity contribution < 1.29 is 27.8 Å². The Morgan fingerprint density at radius 2 is 2.08 bits per heavy atom. The molecular formula is C17H17F3N2O3. The average Bonchev–Trinajstić information content (AvgIpc) is 2.53. The molecule has 1 aliphatic heterocycles. The number of piperidine rings is 1. The predicted molar refractivity (Wildman–Crippen MR) is 84.5 cm³/mol. The zero-order valence-corrected chi connectivity index (χ0v) is 13.5. The number of fused-ring (bicyclic) bond motifs is 1. The fourth-order valence-corrected chi connectivity index (χ4v) is 3.46. The second-order valence-corrected chi connectivity index (χ2v) is 6.33. The van der Waals surface area contributed by atoms with Gasteiger partial charge in [0.1, 0.15) is 5.52 Å².